The minimum absolute atomic E-state index is 0.223. The highest BCUT2D eigenvalue weighted by atomic mass is 32.2. The lowest BCUT2D eigenvalue weighted by Gasteiger charge is -2.16. The number of carboxylic acid groups (broad SMARTS) is 1. The highest BCUT2D eigenvalue weighted by molar-refractivity contribution is 8.12. The minimum Gasteiger partial charge on any atom is -0.480 e. The molecule has 0 aliphatic rings. The van der Waals surface area contributed by atoms with Crippen molar-refractivity contribution >= 4 is 23.0 Å². The zero-order chi connectivity index (χ0) is 14.3. The summed E-state index contributed by atoms with van der Waals surface area (Å²) in [6.07, 6.45) is 0.437. The Labute approximate surface area is 117 Å². The number of benzene rings is 1. The Kier molecular flexibility index (Phi) is 6.42. The number of thioether (sulfide) groups is 1. The minimum atomic E-state index is -0.984. The Balaban J connectivity index is 2.42. The molecule has 1 aromatic carbocycles. The van der Waals surface area contributed by atoms with E-state index in [1.54, 1.807) is 0 Å². The van der Waals surface area contributed by atoms with E-state index in [9.17, 15) is 9.59 Å². The van der Waals surface area contributed by atoms with Gasteiger partial charge in [-0.25, -0.2) is 4.79 Å². The molecule has 0 aromatic heterocycles. The van der Waals surface area contributed by atoms with Crippen LogP contribution in [0.15, 0.2) is 30.3 Å². The van der Waals surface area contributed by atoms with Crippen LogP contribution in [-0.4, -0.2) is 22.4 Å². The molecule has 0 aliphatic heterocycles. The third kappa shape index (κ3) is 6.29. The van der Waals surface area contributed by atoms with Crippen LogP contribution in [0.4, 0.5) is 4.79 Å². The summed E-state index contributed by atoms with van der Waals surface area (Å²) < 4.78 is 0. The van der Waals surface area contributed by atoms with Crippen molar-refractivity contribution in [3.05, 3.63) is 35.9 Å². The van der Waals surface area contributed by atoms with Crippen molar-refractivity contribution in [1.82, 2.24) is 5.32 Å². The van der Waals surface area contributed by atoms with Gasteiger partial charge in [-0.3, -0.25) is 4.79 Å². The van der Waals surface area contributed by atoms with E-state index >= 15 is 0 Å². The normalized spacial score (nSPS) is 12.2. The molecule has 0 radical (unpaired) electrons. The number of aliphatic carboxylic acids is 1. The number of rotatable bonds is 6. The molecule has 5 heteroatoms. The number of carboxylic acids is 1. The monoisotopic (exact) mass is 281 g/mol. The van der Waals surface area contributed by atoms with Gasteiger partial charge >= 0.3 is 5.97 Å². The van der Waals surface area contributed by atoms with Gasteiger partial charge in [-0.2, -0.15) is 0 Å². The van der Waals surface area contributed by atoms with E-state index in [1.165, 1.54) is 0 Å². The molecule has 0 saturated carbocycles. The zero-order valence-electron chi connectivity index (χ0n) is 11.1. The van der Waals surface area contributed by atoms with Gasteiger partial charge in [0.05, 0.1) is 0 Å². The Morgan fingerprint density at radius 1 is 1.26 bits per heavy atom. The largest absolute Gasteiger partial charge is 0.480 e. The van der Waals surface area contributed by atoms with Crippen LogP contribution in [0.3, 0.4) is 0 Å². The molecule has 4 nitrogen and oxygen atoms in total. The molecule has 0 saturated heterocycles. The lowest BCUT2D eigenvalue weighted by molar-refractivity contribution is -0.139. The molecular weight excluding hydrogens is 262 g/mol. The quantitative estimate of drug-likeness (QED) is 0.840. The molecule has 0 fully saturated rings. The first kappa shape index (κ1) is 15.6. The molecule has 0 spiro atoms. The smallest absolute Gasteiger partial charge is 0.326 e. The van der Waals surface area contributed by atoms with Gasteiger partial charge in [-0.1, -0.05) is 55.9 Å². The fraction of sp³-hybridized carbons (Fsp3) is 0.429. The number of carbonyl (C=O) groups excluding carboxylic acids is 1. The fourth-order valence-electron chi connectivity index (χ4n) is 1.60. The summed E-state index contributed by atoms with van der Waals surface area (Å²) in [5.41, 5.74) is 1.04. The van der Waals surface area contributed by atoms with Crippen LogP contribution in [-0.2, 0) is 10.5 Å². The van der Waals surface area contributed by atoms with Gasteiger partial charge < -0.3 is 10.4 Å². The summed E-state index contributed by atoms with van der Waals surface area (Å²) in [6.45, 7) is 3.86. The van der Waals surface area contributed by atoms with Crippen molar-refractivity contribution in [2.24, 2.45) is 5.92 Å². The molecule has 2 N–H and O–H groups in total. The second-order valence-corrected chi connectivity index (χ2v) is 5.67. The van der Waals surface area contributed by atoms with E-state index < -0.39 is 12.0 Å². The van der Waals surface area contributed by atoms with Gasteiger partial charge in [0.2, 0.25) is 0 Å². The lowest BCUT2D eigenvalue weighted by Crippen LogP contribution is -2.39. The van der Waals surface area contributed by atoms with Gasteiger partial charge in [-0.15, -0.1) is 0 Å². The van der Waals surface area contributed by atoms with Crippen molar-refractivity contribution in [3.8, 4) is 0 Å². The van der Waals surface area contributed by atoms with Gasteiger partial charge in [0, 0.05) is 5.75 Å². The first-order chi connectivity index (χ1) is 8.99. The summed E-state index contributed by atoms with van der Waals surface area (Å²) in [7, 11) is 0. The van der Waals surface area contributed by atoms with Crippen molar-refractivity contribution < 1.29 is 14.7 Å². The summed E-state index contributed by atoms with van der Waals surface area (Å²) >= 11 is 1.09. The lowest BCUT2D eigenvalue weighted by atomic mass is 10.0. The molecule has 104 valence electrons. The summed E-state index contributed by atoms with van der Waals surface area (Å²) in [6, 6.07) is 8.79. The van der Waals surface area contributed by atoms with Crippen LogP contribution in [0.25, 0.3) is 0 Å². The van der Waals surface area contributed by atoms with Gasteiger partial charge in [0.15, 0.2) is 0 Å². The number of amides is 1. The fourth-order valence-corrected chi connectivity index (χ4v) is 2.32. The molecule has 0 unspecified atom stereocenters. The van der Waals surface area contributed by atoms with Crippen LogP contribution in [0, 0.1) is 5.92 Å². The Hall–Kier alpha value is -1.49. The van der Waals surface area contributed by atoms with E-state index in [0.717, 1.165) is 17.3 Å². The zero-order valence-corrected chi connectivity index (χ0v) is 11.9. The van der Waals surface area contributed by atoms with Gasteiger partial charge in [0.25, 0.3) is 5.24 Å². The topological polar surface area (TPSA) is 66.4 Å². The van der Waals surface area contributed by atoms with Crippen LogP contribution < -0.4 is 5.32 Å². The first-order valence-corrected chi connectivity index (χ1v) is 7.17. The molecule has 1 amide bonds. The predicted molar refractivity (Wildman–Crippen MR) is 77.1 cm³/mol. The average Bonchev–Trinajstić information content (AvgIpc) is 2.36. The Morgan fingerprint density at radius 3 is 2.42 bits per heavy atom. The molecule has 1 atom stereocenters. The third-order valence-corrected chi connectivity index (χ3v) is 3.37. The van der Waals surface area contributed by atoms with Crippen LogP contribution in [0.1, 0.15) is 25.8 Å². The maximum Gasteiger partial charge on any atom is 0.326 e. The van der Waals surface area contributed by atoms with Crippen LogP contribution in [0.5, 0.6) is 0 Å². The number of carbonyl (C=O) groups is 2. The Bertz CT molecular complexity index is 420. The standard InChI is InChI=1S/C14H19NO3S/c1-10(2)8-12(13(16)17)15-14(18)19-9-11-6-4-3-5-7-11/h3-7,10,12H,8-9H2,1-2H3,(H,15,18)(H,16,17)/t12-/m1/s1. The SMILES string of the molecule is CC(C)C[C@@H](NC(=O)SCc1ccccc1)C(=O)O. The molecule has 0 bridgehead atoms. The van der Waals surface area contributed by atoms with Crippen molar-refractivity contribution in [3.63, 3.8) is 0 Å². The van der Waals surface area contributed by atoms with Gasteiger partial charge in [0.1, 0.15) is 6.04 Å². The molecule has 0 aliphatic carbocycles. The van der Waals surface area contributed by atoms with E-state index in [2.05, 4.69) is 5.32 Å². The third-order valence-electron chi connectivity index (χ3n) is 2.51. The predicted octanol–water partition coefficient (Wildman–Crippen LogP) is 3.13. The molecular formula is C14H19NO3S. The average molecular weight is 281 g/mol. The molecule has 0 heterocycles. The highest BCUT2D eigenvalue weighted by Crippen LogP contribution is 2.14. The van der Waals surface area contributed by atoms with Crippen LogP contribution in [0.2, 0.25) is 0 Å². The summed E-state index contributed by atoms with van der Waals surface area (Å²) in [5, 5.41) is 11.3. The number of hydrogen-bond donors (Lipinski definition) is 2. The maximum atomic E-state index is 11.7. The van der Waals surface area contributed by atoms with E-state index in [4.69, 9.17) is 5.11 Å². The maximum absolute atomic E-state index is 11.7. The Morgan fingerprint density at radius 2 is 1.89 bits per heavy atom. The van der Waals surface area contributed by atoms with Crippen molar-refractivity contribution in [2.45, 2.75) is 32.1 Å². The van der Waals surface area contributed by atoms with Gasteiger partial charge in [-0.05, 0) is 17.9 Å². The second-order valence-electron chi connectivity index (χ2n) is 4.73. The number of hydrogen-bond acceptors (Lipinski definition) is 3. The van der Waals surface area contributed by atoms with E-state index in [0.29, 0.717) is 12.2 Å². The molecule has 1 aromatic rings. The highest BCUT2D eigenvalue weighted by Gasteiger charge is 2.21. The van der Waals surface area contributed by atoms with E-state index in [1.807, 2.05) is 44.2 Å². The van der Waals surface area contributed by atoms with Crippen molar-refractivity contribution in [1.29, 1.82) is 0 Å². The first-order valence-electron chi connectivity index (χ1n) is 6.19. The van der Waals surface area contributed by atoms with Crippen LogP contribution >= 0.6 is 11.8 Å². The van der Waals surface area contributed by atoms with E-state index in [-0.39, 0.29) is 11.2 Å². The number of nitrogens with one attached hydrogen (secondary N) is 1. The molecule has 19 heavy (non-hydrogen) atoms. The second kappa shape index (κ2) is 7.84. The molecule has 1 rings (SSSR count). The summed E-state index contributed by atoms with van der Waals surface area (Å²) in [5.74, 6) is -0.219. The summed E-state index contributed by atoms with van der Waals surface area (Å²) in [4.78, 5) is 22.7. The van der Waals surface area contributed by atoms with Crippen molar-refractivity contribution in [2.75, 3.05) is 0 Å².